The van der Waals surface area contributed by atoms with Gasteiger partial charge in [-0.1, -0.05) is 6.07 Å². The molecule has 0 unspecified atom stereocenters. The van der Waals surface area contributed by atoms with E-state index >= 15 is 0 Å². The molecule has 1 aliphatic heterocycles. The molecule has 1 atom stereocenters. The first-order chi connectivity index (χ1) is 11.1. The van der Waals surface area contributed by atoms with Gasteiger partial charge >= 0.3 is 0 Å². The van der Waals surface area contributed by atoms with Crippen molar-refractivity contribution < 1.29 is 13.2 Å². The van der Waals surface area contributed by atoms with Crippen molar-refractivity contribution in [1.82, 2.24) is 19.3 Å². The second-order valence-electron chi connectivity index (χ2n) is 5.71. The van der Waals surface area contributed by atoms with Gasteiger partial charge in [-0.05, 0) is 30.4 Å². The van der Waals surface area contributed by atoms with E-state index in [1.807, 2.05) is 12.1 Å². The molecule has 0 spiro atoms. The minimum atomic E-state index is -3.69. The predicted octanol–water partition coefficient (Wildman–Crippen LogP) is 1.26. The van der Waals surface area contributed by atoms with E-state index in [-0.39, 0.29) is 17.0 Å². The average molecular weight is 336 g/mol. The van der Waals surface area contributed by atoms with Gasteiger partial charge in [-0.2, -0.15) is 0 Å². The molecule has 2 aromatic heterocycles. The number of hydrogen-bond donors (Lipinski definition) is 1. The van der Waals surface area contributed by atoms with Crippen molar-refractivity contribution in [3.05, 3.63) is 42.6 Å². The molecule has 0 radical (unpaired) electrons. The molecule has 0 bridgehead atoms. The molecule has 1 N–H and O–H groups in total. The Morgan fingerprint density at radius 3 is 2.78 bits per heavy atom. The van der Waals surface area contributed by atoms with Crippen molar-refractivity contribution in [2.45, 2.75) is 23.9 Å². The number of ether oxygens (including phenoxy) is 1. The summed E-state index contributed by atoms with van der Waals surface area (Å²) >= 11 is 0. The van der Waals surface area contributed by atoms with Gasteiger partial charge < -0.3 is 9.30 Å². The maximum Gasteiger partial charge on any atom is 0.260 e. The van der Waals surface area contributed by atoms with Crippen LogP contribution in [0, 0.1) is 5.92 Å². The Balaban J connectivity index is 1.89. The Labute approximate surface area is 135 Å². The molecule has 7 nitrogen and oxygen atoms in total. The summed E-state index contributed by atoms with van der Waals surface area (Å²) in [7, 11) is -1.95. The number of nitrogens with zero attached hydrogens (tertiary/aromatic N) is 3. The number of hydrogen-bond acceptors (Lipinski definition) is 5. The fourth-order valence-electron chi connectivity index (χ4n) is 2.80. The lowest BCUT2D eigenvalue weighted by Crippen LogP contribution is -2.36. The number of imidazole rings is 1. The summed E-state index contributed by atoms with van der Waals surface area (Å²) in [5.74, 6) is 0.173. The molecule has 8 heteroatoms. The van der Waals surface area contributed by atoms with Crippen molar-refractivity contribution in [2.75, 3.05) is 13.2 Å². The van der Waals surface area contributed by atoms with E-state index in [0.29, 0.717) is 13.2 Å². The fourth-order valence-corrected chi connectivity index (χ4v) is 4.08. The van der Waals surface area contributed by atoms with Gasteiger partial charge in [0.2, 0.25) is 0 Å². The fraction of sp³-hybridized carbons (Fsp3) is 0.467. The summed E-state index contributed by atoms with van der Waals surface area (Å²) in [6.45, 7) is 1.29. The Bertz CT molecular complexity index is 739. The zero-order valence-corrected chi connectivity index (χ0v) is 13.7. The lowest BCUT2D eigenvalue weighted by Gasteiger charge is -2.30. The molecule has 0 saturated carbocycles. The van der Waals surface area contributed by atoms with Crippen molar-refractivity contribution in [2.24, 2.45) is 13.0 Å². The molecule has 1 fully saturated rings. The Morgan fingerprint density at radius 1 is 1.39 bits per heavy atom. The first-order valence-corrected chi connectivity index (χ1v) is 9.02. The van der Waals surface area contributed by atoms with E-state index in [1.54, 1.807) is 24.0 Å². The van der Waals surface area contributed by atoms with E-state index in [2.05, 4.69) is 14.7 Å². The smallest absolute Gasteiger partial charge is 0.260 e. The lowest BCUT2D eigenvalue weighted by atomic mass is 9.88. The Morgan fingerprint density at radius 2 is 2.17 bits per heavy atom. The number of aromatic nitrogens is 3. The molecule has 1 saturated heterocycles. The van der Waals surface area contributed by atoms with Crippen LogP contribution in [0.2, 0.25) is 0 Å². The first-order valence-electron chi connectivity index (χ1n) is 7.54. The number of pyridine rings is 1. The van der Waals surface area contributed by atoms with Gasteiger partial charge in [0.25, 0.3) is 10.0 Å². The van der Waals surface area contributed by atoms with Crippen LogP contribution >= 0.6 is 0 Å². The van der Waals surface area contributed by atoms with Crippen molar-refractivity contribution in [3.8, 4) is 0 Å². The largest absolute Gasteiger partial charge is 0.381 e. The lowest BCUT2D eigenvalue weighted by molar-refractivity contribution is 0.0564. The molecule has 3 heterocycles. The van der Waals surface area contributed by atoms with Crippen LogP contribution in [-0.4, -0.2) is 36.2 Å². The van der Waals surface area contributed by atoms with Gasteiger partial charge in [0.05, 0.1) is 12.4 Å². The molecule has 124 valence electrons. The predicted molar refractivity (Wildman–Crippen MR) is 84.1 cm³/mol. The van der Waals surface area contributed by atoms with Gasteiger partial charge in [0.1, 0.15) is 0 Å². The third kappa shape index (κ3) is 3.77. The number of nitrogens with one attached hydrogen (secondary N) is 1. The van der Waals surface area contributed by atoms with Gasteiger partial charge in [0.15, 0.2) is 5.03 Å². The van der Waals surface area contributed by atoms with Crippen LogP contribution < -0.4 is 4.72 Å². The normalized spacial score (nSPS) is 18.0. The second-order valence-corrected chi connectivity index (χ2v) is 7.37. The molecule has 2 aromatic rings. The van der Waals surface area contributed by atoms with E-state index in [4.69, 9.17) is 4.74 Å². The summed E-state index contributed by atoms with van der Waals surface area (Å²) in [6, 6.07) is 3.38. The second kappa shape index (κ2) is 6.77. The van der Waals surface area contributed by atoms with Crippen LogP contribution in [0.15, 0.2) is 42.1 Å². The number of aryl methyl sites for hydroxylation is 1. The highest BCUT2D eigenvalue weighted by atomic mass is 32.2. The zero-order chi connectivity index (χ0) is 16.3. The van der Waals surface area contributed by atoms with Crippen LogP contribution in [0.3, 0.4) is 0 Å². The quantitative estimate of drug-likeness (QED) is 0.888. The van der Waals surface area contributed by atoms with Gasteiger partial charge in [-0.3, -0.25) is 4.98 Å². The summed E-state index contributed by atoms with van der Waals surface area (Å²) in [4.78, 5) is 8.07. The number of sulfonamides is 1. The summed E-state index contributed by atoms with van der Waals surface area (Å²) in [5, 5.41) is 0.0287. The monoisotopic (exact) mass is 336 g/mol. The van der Waals surface area contributed by atoms with Crippen LogP contribution in [-0.2, 0) is 21.8 Å². The maximum atomic E-state index is 12.6. The maximum absolute atomic E-state index is 12.6. The molecule has 0 amide bonds. The number of rotatable bonds is 5. The Kier molecular flexibility index (Phi) is 4.74. The zero-order valence-electron chi connectivity index (χ0n) is 12.9. The van der Waals surface area contributed by atoms with Crippen LogP contribution in [0.4, 0.5) is 0 Å². The molecular formula is C15H20N4O3S. The molecule has 1 aliphatic rings. The molecule has 0 aromatic carbocycles. The van der Waals surface area contributed by atoms with Crippen LogP contribution in [0.1, 0.15) is 24.4 Å². The minimum absolute atomic E-state index is 0.0287. The summed E-state index contributed by atoms with van der Waals surface area (Å²) in [6.07, 6.45) is 7.97. The highest BCUT2D eigenvalue weighted by molar-refractivity contribution is 7.89. The highest BCUT2D eigenvalue weighted by Gasteiger charge is 2.30. The van der Waals surface area contributed by atoms with Crippen LogP contribution in [0.5, 0.6) is 0 Å². The minimum Gasteiger partial charge on any atom is -0.381 e. The summed E-state index contributed by atoms with van der Waals surface area (Å²) in [5.41, 5.74) is 0.860. The third-order valence-corrected chi connectivity index (χ3v) is 5.35. The topological polar surface area (TPSA) is 86.1 Å². The standard InChI is InChI=1S/C15H20N4O3S/c1-19-10-14(17-11-19)23(20,21)18-15(12-4-7-22-8-5-12)13-3-2-6-16-9-13/h2-3,6,9-12,15,18H,4-5,7-8H2,1H3/t15-/m1/s1. The summed E-state index contributed by atoms with van der Waals surface area (Å²) < 4.78 is 35.1. The average Bonchev–Trinajstić information content (AvgIpc) is 3.02. The van der Waals surface area contributed by atoms with E-state index < -0.39 is 10.0 Å². The van der Waals surface area contributed by atoms with Crippen molar-refractivity contribution >= 4 is 10.0 Å². The molecular weight excluding hydrogens is 316 g/mol. The van der Waals surface area contributed by atoms with Crippen molar-refractivity contribution in [1.29, 1.82) is 0 Å². The van der Waals surface area contributed by atoms with E-state index in [0.717, 1.165) is 18.4 Å². The first kappa shape index (κ1) is 16.1. The molecule has 23 heavy (non-hydrogen) atoms. The Hall–Kier alpha value is -1.77. The van der Waals surface area contributed by atoms with Crippen LogP contribution in [0.25, 0.3) is 0 Å². The highest BCUT2D eigenvalue weighted by Crippen LogP contribution is 2.31. The van der Waals surface area contributed by atoms with Crippen molar-refractivity contribution in [3.63, 3.8) is 0 Å². The molecule has 0 aliphatic carbocycles. The van der Waals surface area contributed by atoms with E-state index in [9.17, 15) is 8.42 Å². The van der Waals surface area contributed by atoms with Gasteiger partial charge in [-0.25, -0.2) is 18.1 Å². The third-order valence-electron chi connectivity index (χ3n) is 4.02. The van der Waals surface area contributed by atoms with Gasteiger partial charge in [0, 0.05) is 38.9 Å². The van der Waals surface area contributed by atoms with Gasteiger partial charge in [-0.15, -0.1) is 0 Å². The SMILES string of the molecule is Cn1cnc(S(=O)(=O)N[C@@H](c2cccnc2)C2CCOCC2)c1. The van der Waals surface area contributed by atoms with E-state index in [1.165, 1.54) is 12.5 Å². The molecule has 3 rings (SSSR count).